The summed E-state index contributed by atoms with van der Waals surface area (Å²) in [5.41, 5.74) is 1.04. The molecule has 0 spiro atoms. The standard InChI is InChI=1S/C16H18N4O3/c21-15(11-9-18-20-13(11)6-3-7-17-20)19-12-5-2-1-4-10(12)8-14(19)16(22)23/h3,6-7,9-10,12,14H,1-2,4-5,8H2,(H,22,23). The molecule has 2 aromatic rings. The topological polar surface area (TPSA) is 87.8 Å². The monoisotopic (exact) mass is 314 g/mol. The van der Waals surface area contributed by atoms with Gasteiger partial charge in [0.25, 0.3) is 5.91 Å². The number of rotatable bonds is 2. The minimum atomic E-state index is -0.914. The van der Waals surface area contributed by atoms with Crippen LogP contribution in [0.1, 0.15) is 42.5 Å². The number of carboxylic acid groups (broad SMARTS) is 1. The van der Waals surface area contributed by atoms with Crippen LogP contribution in [0.3, 0.4) is 0 Å². The van der Waals surface area contributed by atoms with Gasteiger partial charge in [0.2, 0.25) is 0 Å². The molecular weight excluding hydrogens is 296 g/mol. The van der Waals surface area contributed by atoms with Crippen molar-refractivity contribution in [1.29, 1.82) is 0 Å². The third-order valence-corrected chi connectivity index (χ3v) is 5.14. The third-order valence-electron chi connectivity index (χ3n) is 5.14. The second-order valence-corrected chi connectivity index (χ2v) is 6.37. The van der Waals surface area contributed by atoms with Gasteiger partial charge in [0, 0.05) is 12.2 Å². The quantitative estimate of drug-likeness (QED) is 0.909. The van der Waals surface area contributed by atoms with Crippen molar-refractivity contribution in [1.82, 2.24) is 19.7 Å². The highest BCUT2D eigenvalue weighted by Crippen LogP contribution is 2.40. The van der Waals surface area contributed by atoms with Gasteiger partial charge in [-0.15, -0.1) is 0 Å². The number of nitrogens with zero attached hydrogens (tertiary/aromatic N) is 4. The van der Waals surface area contributed by atoms with E-state index in [0.717, 1.165) is 25.7 Å². The van der Waals surface area contributed by atoms with Crippen LogP contribution in [-0.4, -0.2) is 48.8 Å². The molecule has 3 unspecified atom stereocenters. The molecule has 2 aromatic heterocycles. The molecule has 1 aliphatic carbocycles. The first-order chi connectivity index (χ1) is 11.2. The Hall–Kier alpha value is -2.44. The summed E-state index contributed by atoms with van der Waals surface area (Å²) in [5, 5.41) is 17.7. The fourth-order valence-electron chi connectivity index (χ4n) is 4.11. The molecule has 0 aromatic carbocycles. The van der Waals surface area contributed by atoms with Gasteiger partial charge in [0.1, 0.15) is 11.6 Å². The van der Waals surface area contributed by atoms with Gasteiger partial charge in [-0.05, 0) is 37.3 Å². The molecule has 1 N–H and O–H groups in total. The Morgan fingerprint density at radius 1 is 1.22 bits per heavy atom. The molecule has 4 rings (SSSR count). The lowest BCUT2D eigenvalue weighted by atomic mass is 9.84. The molecule has 23 heavy (non-hydrogen) atoms. The Balaban J connectivity index is 1.74. The lowest BCUT2D eigenvalue weighted by molar-refractivity contribution is -0.141. The van der Waals surface area contributed by atoms with Gasteiger partial charge < -0.3 is 10.0 Å². The summed E-state index contributed by atoms with van der Waals surface area (Å²) in [4.78, 5) is 26.3. The lowest BCUT2D eigenvalue weighted by Crippen LogP contribution is -2.46. The number of aromatic nitrogens is 3. The SMILES string of the molecule is O=C(O)C1CC2CCCCC2N1C(=O)c1cnn2ncccc12. The molecule has 1 aliphatic heterocycles. The molecule has 120 valence electrons. The van der Waals surface area contributed by atoms with Crippen molar-refractivity contribution in [2.45, 2.75) is 44.2 Å². The van der Waals surface area contributed by atoms with Crippen LogP contribution in [0.2, 0.25) is 0 Å². The number of carbonyl (C=O) groups is 2. The highest BCUT2D eigenvalue weighted by atomic mass is 16.4. The predicted molar refractivity (Wildman–Crippen MR) is 80.9 cm³/mol. The Labute approximate surface area is 132 Å². The van der Waals surface area contributed by atoms with Crippen LogP contribution >= 0.6 is 0 Å². The van der Waals surface area contributed by atoms with E-state index >= 15 is 0 Å². The molecule has 2 fully saturated rings. The molecule has 1 amide bonds. The maximum absolute atomic E-state index is 13.1. The average Bonchev–Trinajstić information content (AvgIpc) is 3.16. The van der Waals surface area contributed by atoms with Gasteiger partial charge in [-0.3, -0.25) is 4.79 Å². The summed E-state index contributed by atoms with van der Waals surface area (Å²) in [6, 6.07) is 2.82. The van der Waals surface area contributed by atoms with Crippen LogP contribution in [-0.2, 0) is 4.79 Å². The first-order valence-electron chi connectivity index (χ1n) is 8.01. The molecule has 0 bridgehead atoms. The zero-order chi connectivity index (χ0) is 16.0. The Kier molecular flexibility index (Phi) is 3.28. The summed E-state index contributed by atoms with van der Waals surface area (Å²) in [7, 11) is 0. The number of aliphatic carboxylic acids is 1. The molecule has 1 saturated heterocycles. The lowest BCUT2D eigenvalue weighted by Gasteiger charge is -2.32. The van der Waals surface area contributed by atoms with Gasteiger partial charge in [-0.1, -0.05) is 12.8 Å². The zero-order valence-electron chi connectivity index (χ0n) is 12.6. The number of carbonyl (C=O) groups excluding carboxylic acids is 1. The van der Waals surface area contributed by atoms with Crippen molar-refractivity contribution in [2.75, 3.05) is 0 Å². The molecule has 3 heterocycles. The fraction of sp³-hybridized carbons (Fsp3) is 0.500. The molecular formula is C16H18N4O3. The Morgan fingerprint density at radius 2 is 2.04 bits per heavy atom. The number of likely N-dealkylation sites (tertiary alicyclic amines) is 1. The second kappa shape index (κ2) is 5.33. The van der Waals surface area contributed by atoms with Gasteiger partial charge in [-0.2, -0.15) is 14.8 Å². The minimum Gasteiger partial charge on any atom is -0.480 e. The fourth-order valence-corrected chi connectivity index (χ4v) is 4.11. The van der Waals surface area contributed by atoms with E-state index in [-0.39, 0.29) is 11.9 Å². The van der Waals surface area contributed by atoms with Crippen LogP contribution in [0.15, 0.2) is 24.5 Å². The number of amides is 1. The second-order valence-electron chi connectivity index (χ2n) is 6.37. The predicted octanol–water partition coefficient (Wildman–Crippen LogP) is 1.59. The molecule has 2 aliphatic rings. The van der Waals surface area contributed by atoms with E-state index in [1.165, 1.54) is 10.8 Å². The third kappa shape index (κ3) is 2.18. The minimum absolute atomic E-state index is 0.0315. The number of fused-ring (bicyclic) bond motifs is 2. The summed E-state index contributed by atoms with van der Waals surface area (Å²) in [5.74, 6) is -0.856. The Morgan fingerprint density at radius 3 is 2.87 bits per heavy atom. The van der Waals surface area contributed by atoms with Crippen molar-refractivity contribution < 1.29 is 14.7 Å². The van der Waals surface area contributed by atoms with Crippen LogP contribution in [0, 0.1) is 5.92 Å². The normalized spacial score (nSPS) is 27.1. The largest absolute Gasteiger partial charge is 0.480 e. The zero-order valence-corrected chi connectivity index (χ0v) is 12.6. The van der Waals surface area contributed by atoms with Crippen molar-refractivity contribution in [3.63, 3.8) is 0 Å². The first kappa shape index (κ1) is 14.2. The molecule has 3 atom stereocenters. The van der Waals surface area contributed by atoms with Gasteiger partial charge in [0.15, 0.2) is 0 Å². The first-order valence-corrected chi connectivity index (χ1v) is 8.01. The van der Waals surface area contributed by atoms with Gasteiger partial charge in [0.05, 0.1) is 11.8 Å². The van der Waals surface area contributed by atoms with E-state index in [4.69, 9.17) is 0 Å². The number of carboxylic acids is 1. The molecule has 1 saturated carbocycles. The van der Waals surface area contributed by atoms with E-state index in [1.54, 1.807) is 23.2 Å². The number of hydrogen-bond donors (Lipinski definition) is 1. The molecule has 7 heteroatoms. The summed E-state index contributed by atoms with van der Waals surface area (Å²) < 4.78 is 1.40. The van der Waals surface area contributed by atoms with Crippen molar-refractivity contribution in [2.24, 2.45) is 5.92 Å². The summed E-state index contributed by atoms with van der Waals surface area (Å²) in [6.07, 6.45) is 7.71. The highest BCUT2D eigenvalue weighted by molar-refractivity contribution is 6.02. The van der Waals surface area contributed by atoms with Crippen molar-refractivity contribution in [3.05, 3.63) is 30.1 Å². The Bertz CT molecular complexity index is 772. The van der Waals surface area contributed by atoms with Gasteiger partial charge >= 0.3 is 5.97 Å². The van der Waals surface area contributed by atoms with Crippen LogP contribution in [0.5, 0.6) is 0 Å². The van der Waals surface area contributed by atoms with E-state index in [2.05, 4.69) is 10.2 Å². The van der Waals surface area contributed by atoms with Crippen LogP contribution in [0.25, 0.3) is 5.52 Å². The maximum Gasteiger partial charge on any atom is 0.326 e. The van der Waals surface area contributed by atoms with Crippen molar-refractivity contribution in [3.8, 4) is 0 Å². The molecule has 7 nitrogen and oxygen atoms in total. The highest BCUT2D eigenvalue weighted by Gasteiger charge is 2.48. The van der Waals surface area contributed by atoms with Gasteiger partial charge in [-0.25, -0.2) is 4.79 Å². The van der Waals surface area contributed by atoms with E-state index in [1.807, 2.05) is 0 Å². The smallest absolute Gasteiger partial charge is 0.326 e. The van der Waals surface area contributed by atoms with E-state index in [9.17, 15) is 14.7 Å². The van der Waals surface area contributed by atoms with Crippen LogP contribution in [0.4, 0.5) is 0 Å². The van der Waals surface area contributed by atoms with E-state index < -0.39 is 12.0 Å². The molecule has 0 radical (unpaired) electrons. The van der Waals surface area contributed by atoms with Crippen molar-refractivity contribution >= 4 is 17.4 Å². The van der Waals surface area contributed by atoms with Crippen LogP contribution < -0.4 is 0 Å². The summed E-state index contributed by atoms with van der Waals surface area (Å²) >= 11 is 0. The average molecular weight is 314 g/mol. The maximum atomic E-state index is 13.1. The number of hydrogen-bond acceptors (Lipinski definition) is 4. The summed E-state index contributed by atoms with van der Waals surface area (Å²) in [6.45, 7) is 0. The van der Waals surface area contributed by atoms with E-state index in [0.29, 0.717) is 23.4 Å².